The third kappa shape index (κ3) is 3.24. The summed E-state index contributed by atoms with van der Waals surface area (Å²) < 4.78 is 5.88. The van der Waals surface area contributed by atoms with Crippen LogP contribution in [0.5, 0.6) is 0 Å². The summed E-state index contributed by atoms with van der Waals surface area (Å²) in [5.41, 5.74) is 3.89. The Morgan fingerprint density at radius 1 is 1.15 bits per heavy atom. The number of benzene rings is 1. The summed E-state index contributed by atoms with van der Waals surface area (Å²) in [5, 5.41) is 3.48. The van der Waals surface area contributed by atoms with Gasteiger partial charge in [0.25, 0.3) is 0 Å². The second kappa shape index (κ2) is 6.64. The van der Waals surface area contributed by atoms with Crippen LogP contribution in [0.2, 0.25) is 0 Å². The smallest absolute Gasteiger partial charge is 0.0952 e. The van der Waals surface area contributed by atoms with Gasteiger partial charge in [-0.1, -0.05) is 30.3 Å². The number of aromatic nitrogens is 1. The van der Waals surface area contributed by atoms with Crippen molar-refractivity contribution in [1.29, 1.82) is 0 Å². The summed E-state index contributed by atoms with van der Waals surface area (Å²) in [6.07, 6.45) is 4.01. The van der Waals surface area contributed by atoms with Crippen molar-refractivity contribution in [1.82, 2.24) is 10.3 Å². The van der Waals surface area contributed by atoms with Crippen LogP contribution in [-0.2, 0) is 17.6 Å². The summed E-state index contributed by atoms with van der Waals surface area (Å²) in [7, 11) is 0. The maximum atomic E-state index is 5.88. The molecule has 0 spiro atoms. The van der Waals surface area contributed by atoms with E-state index in [9.17, 15) is 0 Å². The topological polar surface area (TPSA) is 34.1 Å². The lowest BCUT2D eigenvalue weighted by Crippen LogP contribution is -2.28. The molecule has 2 heterocycles. The van der Waals surface area contributed by atoms with Gasteiger partial charge in [-0.25, -0.2) is 0 Å². The minimum atomic E-state index is 0.184. The maximum Gasteiger partial charge on any atom is 0.0952 e. The normalized spacial score (nSPS) is 17.7. The van der Waals surface area contributed by atoms with Gasteiger partial charge in [-0.05, 0) is 29.7 Å². The first kappa shape index (κ1) is 13.3. The average Bonchev–Trinajstić information content (AvgIpc) is 2.53. The third-order valence-corrected chi connectivity index (χ3v) is 3.71. The Balaban J connectivity index is 1.50. The first-order valence-corrected chi connectivity index (χ1v) is 7.23. The predicted molar refractivity (Wildman–Crippen MR) is 79.6 cm³/mol. The molecule has 0 amide bonds. The highest BCUT2D eigenvalue weighted by Gasteiger charge is 2.19. The molecule has 104 valence electrons. The van der Waals surface area contributed by atoms with E-state index in [0.717, 1.165) is 38.2 Å². The molecule has 0 aliphatic carbocycles. The average molecular weight is 268 g/mol. The van der Waals surface area contributed by atoms with Gasteiger partial charge in [0.1, 0.15) is 0 Å². The lowest BCUT2D eigenvalue weighted by atomic mass is 9.97. The number of rotatable bonds is 5. The number of nitrogens with zero attached hydrogens (tertiary/aromatic N) is 1. The molecular formula is C17H20N2O. The van der Waals surface area contributed by atoms with E-state index >= 15 is 0 Å². The van der Waals surface area contributed by atoms with Crippen molar-refractivity contribution in [2.75, 3.05) is 19.7 Å². The number of hydrogen-bond donors (Lipinski definition) is 1. The Morgan fingerprint density at radius 2 is 2.05 bits per heavy atom. The Labute approximate surface area is 120 Å². The van der Waals surface area contributed by atoms with Gasteiger partial charge in [0.15, 0.2) is 0 Å². The van der Waals surface area contributed by atoms with E-state index in [4.69, 9.17) is 4.74 Å². The summed E-state index contributed by atoms with van der Waals surface area (Å²) in [6.45, 7) is 2.62. The van der Waals surface area contributed by atoms with E-state index in [1.54, 1.807) is 0 Å². The first-order valence-electron chi connectivity index (χ1n) is 7.23. The minimum Gasteiger partial charge on any atom is -0.372 e. The zero-order valence-corrected chi connectivity index (χ0v) is 11.6. The quantitative estimate of drug-likeness (QED) is 0.846. The van der Waals surface area contributed by atoms with Crippen molar-refractivity contribution in [3.63, 3.8) is 0 Å². The van der Waals surface area contributed by atoms with Crippen LogP contribution in [0.1, 0.15) is 22.9 Å². The van der Waals surface area contributed by atoms with Crippen LogP contribution in [0.25, 0.3) is 0 Å². The maximum absolute atomic E-state index is 5.88. The molecule has 0 fully saturated rings. The van der Waals surface area contributed by atoms with Gasteiger partial charge < -0.3 is 10.1 Å². The second-order valence-corrected chi connectivity index (χ2v) is 5.08. The fourth-order valence-electron chi connectivity index (χ4n) is 2.64. The molecule has 1 aromatic carbocycles. The molecule has 3 heteroatoms. The molecule has 1 aliphatic heterocycles. The number of ether oxygens (including phenoxy) is 1. The first-order chi connectivity index (χ1) is 9.93. The van der Waals surface area contributed by atoms with Gasteiger partial charge in [-0.2, -0.15) is 0 Å². The largest absolute Gasteiger partial charge is 0.372 e. The Kier molecular flexibility index (Phi) is 4.41. The molecule has 1 aliphatic rings. The lowest BCUT2D eigenvalue weighted by molar-refractivity contribution is 0.0427. The molecule has 1 unspecified atom stereocenters. The molecule has 3 nitrogen and oxygen atoms in total. The van der Waals surface area contributed by atoms with Crippen LogP contribution in [0.15, 0.2) is 48.7 Å². The van der Waals surface area contributed by atoms with E-state index in [1.165, 1.54) is 11.1 Å². The van der Waals surface area contributed by atoms with Crippen LogP contribution in [0.4, 0.5) is 0 Å². The van der Waals surface area contributed by atoms with Gasteiger partial charge >= 0.3 is 0 Å². The highest BCUT2D eigenvalue weighted by Crippen LogP contribution is 2.26. The standard InChI is InChI=1S/C17H20N2O/c1-2-7-16-14(5-1)9-12-20-17(16)13-18-11-8-15-6-3-4-10-19-15/h1-7,10,17-18H,8-9,11-13H2. The number of pyridine rings is 1. The molecule has 1 aromatic heterocycles. The van der Waals surface area contributed by atoms with Gasteiger partial charge in [0.05, 0.1) is 12.7 Å². The Hall–Kier alpha value is -1.71. The molecule has 0 bridgehead atoms. The highest BCUT2D eigenvalue weighted by atomic mass is 16.5. The zero-order valence-electron chi connectivity index (χ0n) is 11.6. The molecule has 1 atom stereocenters. The summed E-state index contributed by atoms with van der Waals surface area (Å²) in [5.74, 6) is 0. The Bertz CT molecular complexity index is 542. The second-order valence-electron chi connectivity index (χ2n) is 5.08. The number of nitrogens with one attached hydrogen (secondary N) is 1. The summed E-state index contributed by atoms with van der Waals surface area (Å²) >= 11 is 0. The number of fused-ring (bicyclic) bond motifs is 1. The van der Waals surface area contributed by atoms with Crippen LogP contribution >= 0.6 is 0 Å². The molecule has 2 aromatic rings. The van der Waals surface area contributed by atoms with E-state index in [0.29, 0.717) is 0 Å². The van der Waals surface area contributed by atoms with Crippen LogP contribution in [-0.4, -0.2) is 24.7 Å². The molecule has 0 saturated carbocycles. The van der Waals surface area contributed by atoms with Crippen molar-refractivity contribution < 1.29 is 4.74 Å². The highest BCUT2D eigenvalue weighted by molar-refractivity contribution is 5.31. The van der Waals surface area contributed by atoms with Gasteiger partial charge in [-0.3, -0.25) is 4.98 Å². The van der Waals surface area contributed by atoms with Crippen molar-refractivity contribution in [2.24, 2.45) is 0 Å². The molecular weight excluding hydrogens is 248 g/mol. The van der Waals surface area contributed by atoms with Crippen molar-refractivity contribution in [3.05, 3.63) is 65.5 Å². The van der Waals surface area contributed by atoms with E-state index in [-0.39, 0.29) is 6.10 Å². The summed E-state index contributed by atoms with van der Waals surface area (Å²) in [6, 6.07) is 14.6. The zero-order chi connectivity index (χ0) is 13.6. The van der Waals surface area contributed by atoms with E-state index in [1.807, 2.05) is 18.3 Å². The van der Waals surface area contributed by atoms with Crippen LogP contribution in [0, 0.1) is 0 Å². The van der Waals surface area contributed by atoms with Gasteiger partial charge in [0.2, 0.25) is 0 Å². The molecule has 0 saturated heterocycles. The SMILES string of the molecule is c1ccc(CCNCC2OCCc3ccccc32)nc1. The van der Waals surface area contributed by atoms with Crippen molar-refractivity contribution in [2.45, 2.75) is 18.9 Å². The fraction of sp³-hybridized carbons (Fsp3) is 0.353. The van der Waals surface area contributed by atoms with E-state index in [2.05, 4.69) is 40.6 Å². The number of hydrogen-bond acceptors (Lipinski definition) is 3. The van der Waals surface area contributed by atoms with Crippen molar-refractivity contribution >= 4 is 0 Å². The van der Waals surface area contributed by atoms with Crippen LogP contribution in [0.3, 0.4) is 0 Å². The minimum absolute atomic E-state index is 0.184. The third-order valence-electron chi connectivity index (χ3n) is 3.71. The summed E-state index contributed by atoms with van der Waals surface area (Å²) in [4.78, 5) is 4.33. The predicted octanol–water partition coefficient (Wildman–Crippen LogP) is 2.53. The monoisotopic (exact) mass is 268 g/mol. The van der Waals surface area contributed by atoms with E-state index < -0.39 is 0 Å². The van der Waals surface area contributed by atoms with Gasteiger partial charge in [0, 0.05) is 31.4 Å². The van der Waals surface area contributed by atoms with Crippen LogP contribution < -0.4 is 5.32 Å². The lowest BCUT2D eigenvalue weighted by Gasteiger charge is -2.26. The fourth-order valence-corrected chi connectivity index (χ4v) is 2.64. The van der Waals surface area contributed by atoms with Crippen molar-refractivity contribution in [3.8, 4) is 0 Å². The molecule has 20 heavy (non-hydrogen) atoms. The molecule has 3 rings (SSSR count). The van der Waals surface area contributed by atoms with Gasteiger partial charge in [-0.15, -0.1) is 0 Å². The molecule has 0 radical (unpaired) electrons. The Morgan fingerprint density at radius 3 is 2.95 bits per heavy atom. The molecule has 1 N–H and O–H groups in total.